The van der Waals surface area contributed by atoms with Crippen LogP contribution in [-0.2, 0) is 13.5 Å². The lowest BCUT2D eigenvalue weighted by Crippen LogP contribution is -2.25. The van der Waals surface area contributed by atoms with Crippen molar-refractivity contribution >= 4 is 11.6 Å². The number of carbonyl (C=O) groups is 1. The van der Waals surface area contributed by atoms with Crippen LogP contribution in [0.1, 0.15) is 15.9 Å². The fourth-order valence-corrected chi connectivity index (χ4v) is 1.70. The van der Waals surface area contributed by atoms with Gasteiger partial charge in [-0.1, -0.05) is 6.07 Å². The number of nitrogens with zero attached hydrogens (tertiary/aromatic N) is 2. The Morgan fingerprint density at radius 1 is 1.50 bits per heavy atom. The zero-order chi connectivity index (χ0) is 13.0. The van der Waals surface area contributed by atoms with Gasteiger partial charge in [0.25, 0.3) is 5.91 Å². The van der Waals surface area contributed by atoms with E-state index in [-0.39, 0.29) is 5.91 Å². The van der Waals surface area contributed by atoms with Gasteiger partial charge in [-0.25, -0.2) is 0 Å². The molecule has 5 heteroatoms. The number of nitrogens with one attached hydrogen (secondary N) is 1. The number of aryl methyl sites for hydroxylation is 1. The number of nitrogen functional groups attached to an aromatic ring is 1. The van der Waals surface area contributed by atoms with Crippen molar-refractivity contribution in [1.82, 2.24) is 15.1 Å². The molecule has 5 nitrogen and oxygen atoms in total. The Hall–Kier alpha value is -2.30. The minimum Gasteiger partial charge on any atom is -0.399 e. The number of anilines is 1. The second-order valence-corrected chi connectivity index (χ2v) is 4.15. The van der Waals surface area contributed by atoms with Crippen molar-refractivity contribution in [2.24, 2.45) is 7.05 Å². The summed E-state index contributed by atoms with van der Waals surface area (Å²) in [6.07, 6.45) is 4.50. The summed E-state index contributed by atoms with van der Waals surface area (Å²) in [7, 11) is 1.87. The van der Waals surface area contributed by atoms with Gasteiger partial charge in [-0.05, 0) is 30.2 Å². The van der Waals surface area contributed by atoms with Crippen LogP contribution in [0.25, 0.3) is 0 Å². The van der Waals surface area contributed by atoms with Crippen molar-refractivity contribution in [1.29, 1.82) is 0 Å². The number of benzene rings is 1. The third-order valence-corrected chi connectivity index (χ3v) is 2.61. The van der Waals surface area contributed by atoms with E-state index in [2.05, 4.69) is 10.4 Å². The van der Waals surface area contributed by atoms with Crippen LogP contribution >= 0.6 is 0 Å². The van der Waals surface area contributed by atoms with Crippen LogP contribution in [0.5, 0.6) is 0 Å². The van der Waals surface area contributed by atoms with Crippen molar-refractivity contribution in [3.8, 4) is 0 Å². The van der Waals surface area contributed by atoms with Crippen LogP contribution in [0, 0.1) is 0 Å². The van der Waals surface area contributed by atoms with E-state index in [1.54, 1.807) is 35.1 Å². The molecule has 2 rings (SSSR count). The number of hydrogen-bond donors (Lipinski definition) is 2. The molecule has 0 bridgehead atoms. The molecular weight excluding hydrogens is 228 g/mol. The van der Waals surface area contributed by atoms with E-state index in [0.717, 1.165) is 12.0 Å². The van der Waals surface area contributed by atoms with Gasteiger partial charge in [-0.15, -0.1) is 0 Å². The summed E-state index contributed by atoms with van der Waals surface area (Å²) in [4.78, 5) is 11.8. The standard InChI is InChI=1S/C13H16N4O/c1-17-9-10(8-16-17)5-6-15-13(18)11-3-2-4-12(14)7-11/h2-4,7-9H,5-6,14H2,1H3,(H,15,18). The zero-order valence-electron chi connectivity index (χ0n) is 10.3. The largest absolute Gasteiger partial charge is 0.399 e. The van der Waals surface area contributed by atoms with Crippen molar-refractivity contribution < 1.29 is 4.79 Å². The zero-order valence-corrected chi connectivity index (χ0v) is 10.3. The highest BCUT2D eigenvalue weighted by Gasteiger charge is 2.05. The molecule has 1 heterocycles. The normalized spacial score (nSPS) is 10.3. The third kappa shape index (κ3) is 3.10. The van der Waals surface area contributed by atoms with Crippen molar-refractivity contribution in [3.63, 3.8) is 0 Å². The van der Waals surface area contributed by atoms with Gasteiger partial charge in [0.05, 0.1) is 6.20 Å². The number of carbonyl (C=O) groups excluding carboxylic acids is 1. The molecule has 0 aliphatic carbocycles. The lowest BCUT2D eigenvalue weighted by Gasteiger charge is -2.04. The first kappa shape index (κ1) is 12.2. The number of nitrogens with two attached hydrogens (primary N) is 1. The van der Waals surface area contributed by atoms with Gasteiger partial charge in [0, 0.05) is 31.0 Å². The summed E-state index contributed by atoms with van der Waals surface area (Å²) < 4.78 is 1.75. The molecule has 0 aliphatic heterocycles. The summed E-state index contributed by atoms with van der Waals surface area (Å²) in [5.41, 5.74) is 7.91. The van der Waals surface area contributed by atoms with Crippen LogP contribution in [0.15, 0.2) is 36.7 Å². The van der Waals surface area contributed by atoms with Gasteiger partial charge in [0.15, 0.2) is 0 Å². The summed E-state index contributed by atoms with van der Waals surface area (Å²) in [5.74, 6) is -0.105. The van der Waals surface area contributed by atoms with Gasteiger partial charge in [0.2, 0.25) is 0 Å². The lowest BCUT2D eigenvalue weighted by atomic mass is 10.2. The van der Waals surface area contributed by atoms with Gasteiger partial charge >= 0.3 is 0 Å². The highest BCUT2D eigenvalue weighted by atomic mass is 16.1. The first-order chi connectivity index (χ1) is 8.65. The quantitative estimate of drug-likeness (QED) is 0.787. The molecule has 0 fully saturated rings. The highest BCUT2D eigenvalue weighted by molar-refractivity contribution is 5.94. The predicted octanol–water partition coefficient (Wildman–Crippen LogP) is 0.975. The third-order valence-electron chi connectivity index (χ3n) is 2.61. The smallest absolute Gasteiger partial charge is 0.251 e. The molecule has 2 aromatic rings. The van der Waals surface area contributed by atoms with E-state index in [9.17, 15) is 4.79 Å². The van der Waals surface area contributed by atoms with E-state index < -0.39 is 0 Å². The molecule has 0 atom stereocenters. The van der Waals surface area contributed by atoms with Crippen LogP contribution in [0.2, 0.25) is 0 Å². The SMILES string of the molecule is Cn1cc(CCNC(=O)c2cccc(N)c2)cn1. The van der Waals surface area contributed by atoms with Crippen LogP contribution < -0.4 is 11.1 Å². The number of aromatic nitrogens is 2. The topological polar surface area (TPSA) is 72.9 Å². The molecule has 0 unspecified atom stereocenters. The number of hydrogen-bond acceptors (Lipinski definition) is 3. The molecule has 0 saturated heterocycles. The Balaban J connectivity index is 1.85. The number of amides is 1. The molecule has 1 aromatic carbocycles. The Morgan fingerprint density at radius 3 is 3.00 bits per heavy atom. The van der Waals surface area contributed by atoms with Crippen LogP contribution in [0.4, 0.5) is 5.69 Å². The molecular formula is C13H16N4O. The first-order valence-electron chi connectivity index (χ1n) is 5.76. The fraction of sp³-hybridized carbons (Fsp3) is 0.231. The Morgan fingerprint density at radius 2 is 2.33 bits per heavy atom. The van der Waals surface area contributed by atoms with Gasteiger partial charge in [-0.3, -0.25) is 9.48 Å². The van der Waals surface area contributed by atoms with Gasteiger partial charge < -0.3 is 11.1 Å². The van der Waals surface area contributed by atoms with Crippen molar-refractivity contribution in [2.75, 3.05) is 12.3 Å². The van der Waals surface area contributed by atoms with E-state index in [4.69, 9.17) is 5.73 Å². The lowest BCUT2D eigenvalue weighted by molar-refractivity contribution is 0.0954. The second-order valence-electron chi connectivity index (χ2n) is 4.15. The molecule has 18 heavy (non-hydrogen) atoms. The molecule has 0 radical (unpaired) electrons. The maximum atomic E-state index is 11.8. The second kappa shape index (κ2) is 5.35. The molecule has 3 N–H and O–H groups in total. The maximum absolute atomic E-state index is 11.8. The minimum absolute atomic E-state index is 0.105. The highest BCUT2D eigenvalue weighted by Crippen LogP contribution is 2.06. The van der Waals surface area contributed by atoms with E-state index >= 15 is 0 Å². The summed E-state index contributed by atoms with van der Waals surface area (Å²) in [6.45, 7) is 0.583. The minimum atomic E-state index is -0.105. The Bertz CT molecular complexity index is 547. The van der Waals surface area contributed by atoms with E-state index in [1.807, 2.05) is 13.2 Å². The van der Waals surface area contributed by atoms with E-state index in [0.29, 0.717) is 17.8 Å². The summed E-state index contributed by atoms with van der Waals surface area (Å²) in [6, 6.07) is 6.94. The molecule has 94 valence electrons. The fourth-order valence-electron chi connectivity index (χ4n) is 1.70. The molecule has 1 amide bonds. The first-order valence-corrected chi connectivity index (χ1v) is 5.76. The van der Waals surface area contributed by atoms with Crippen molar-refractivity contribution in [3.05, 3.63) is 47.8 Å². The Kier molecular flexibility index (Phi) is 3.62. The average molecular weight is 244 g/mol. The number of rotatable bonds is 4. The van der Waals surface area contributed by atoms with E-state index in [1.165, 1.54) is 0 Å². The van der Waals surface area contributed by atoms with Crippen molar-refractivity contribution in [2.45, 2.75) is 6.42 Å². The summed E-state index contributed by atoms with van der Waals surface area (Å²) >= 11 is 0. The van der Waals surface area contributed by atoms with Gasteiger partial charge in [0.1, 0.15) is 0 Å². The summed E-state index contributed by atoms with van der Waals surface area (Å²) in [5, 5.41) is 6.92. The van der Waals surface area contributed by atoms with Crippen LogP contribution in [0.3, 0.4) is 0 Å². The Labute approximate surface area is 106 Å². The maximum Gasteiger partial charge on any atom is 0.251 e. The molecule has 0 saturated carbocycles. The monoisotopic (exact) mass is 244 g/mol. The average Bonchev–Trinajstić information content (AvgIpc) is 2.75. The molecule has 1 aromatic heterocycles. The predicted molar refractivity (Wildman–Crippen MR) is 70.1 cm³/mol. The molecule has 0 aliphatic rings. The van der Waals surface area contributed by atoms with Gasteiger partial charge in [-0.2, -0.15) is 5.10 Å². The van der Waals surface area contributed by atoms with Crippen LogP contribution in [-0.4, -0.2) is 22.2 Å². The molecule has 0 spiro atoms.